The van der Waals surface area contributed by atoms with Crippen LogP contribution in [0, 0.1) is 0 Å². The highest BCUT2D eigenvalue weighted by molar-refractivity contribution is 6.01. The second-order valence-electron chi connectivity index (χ2n) is 6.32. The van der Waals surface area contributed by atoms with Crippen molar-refractivity contribution in [3.05, 3.63) is 65.2 Å². The minimum atomic E-state index is -0.148. The third-order valence-corrected chi connectivity index (χ3v) is 4.68. The first-order valence-corrected chi connectivity index (χ1v) is 8.76. The Morgan fingerprint density at radius 2 is 1.69 bits per heavy atom. The third kappa shape index (κ3) is 3.82. The summed E-state index contributed by atoms with van der Waals surface area (Å²) in [6.45, 7) is 0.954. The molecular formula is C21H21NO4. The van der Waals surface area contributed by atoms with Gasteiger partial charge in [-0.1, -0.05) is 30.3 Å². The summed E-state index contributed by atoms with van der Waals surface area (Å²) in [5.74, 6) is 0.374. The molecule has 1 aliphatic heterocycles. The molecule has 0 unspecified atom stereocenters. The quantitative estimate of drug-likeness (QED) is 0.749. The zero-order valence-electron chi connectivity index (χ0n) is 14.5. The number of rotatable bonds is 6. The minimum Gasteiger partial charge on any atom is -0.491 e. The second kappa shape index (κ2) is 8.43. The molecule has 0 aromatic heterocycles. The smallest absolute Gasteiger partial charge is 0.254 e. The maximum absolute atomic E-state index is 13.0. The van der Waals surface area contributed by atoms with Gasteiger partial charge in [0.1, 0.15) is 12.4 Å². The Kier molecular flexibility index (Phi) is 5.79. The van der Waals surface area contributed by atoms with Crippen molar-refractivity contribution in [2.24, 2.45) is 0 Å². The van der Waals surface area contributed by atoms with Gasteiger partial charge in [0.05, 0.1) is 17.2 Å². The molecule has 1 aliphatic rings. The van der Waals surface area contributed by atoms with Gasteiger partial charge < -0.3 is 9.64 Å². The fourth-order valence-electron chi connectivity index (χ4n) is 3.29. The number of likely N-dealkylation sites (tertiary alicyclic amines) is 1. The largest absolute Gasteiger partial charge is 0.491 e. The second-order valence-corrected chi connectivity index (χ2v) is 6.32. The Hall–Kier alpha value is -2.95. The van der Waals surface area contributed by atoms with E-state index in [-0.39, 0.29) is 11.9 Å². The topological polar surface area (TPSA) is 63.7 Å². The van der Waals surface area contributed by atoms with Gasteiger partial charge in [0, 0.05) is 12.1 Å². The molecule has 134 valence electrons. The monoisotopic (exact) mass is 351 g/mol. The number of carbonyl (C=O) groups is 3. The molecule has 1 atom stereocenters. The highest BCUT2D eigenvalue weighted by Crippen LogP contribution is 2.23. The molecule has 0 saturated carbocycles. The van der Waals surface area contributed by atoms with Crippen molar-refractivity contribution >= 4 is 18.5 Å². The summed E-state index contributed by atoms with van der Waals surface area (Å²) in [5.41, 5.74) is 1.31. The highest BCUT2D eigenvalue weighted by Gasteiger charge is 2.29. The molecule has 2 aromatic rings. The Balaban J connectivity index is 1.76. The van der Waals surface area contributed by atoms with Gasteiger partial charge in [-0.25, -0.2) is 0 Å². The molecular weight excluding hydrogens is 330 g/mol. The lowest BCUT2D eigenvalue weighted by Crippen LogP contribution is -2.47. The fourth-order valence-corrected chi connectivity index (χ4v) is 3.29. The van der Waals surface area contributed by atoms with E-state index in [9.17, 15) is 14.4 Å². The number of aldehydes is 2. The number of benzene rings is 2. The lowest BCUT2D eigenvalue weighted by atomic mass is 10.00. The van der Waals surface area contributed by atoms with Crippen molar-refractivity contribution in [1.82, 2.24) is 4.90 Å². The third-order valence-electron chi connectivity index (χ3n) is 4.68. The summed E-state index contributed by atoms with van der Waals surface area (Å²) < 4.78 is 5.85. The minimum absolute atomic E-state index is 0.0873. The maximum Gasteiger partial charge on any atom is 0.254 e. The van der Waals surface area contributed by atoms with Gasteiger partial charge in [-0.05, 0) is 37.5 Å². The van der Waals surface area contributed by atoms with Crippen LogP contribution in [0.5, 0.6) is 5.75 Å². The molecule has 1 amide bonds. The van der Waals surface area contributed by atoms with Crippen molar-refractivity contribution in [1.29, 1.82) is 0 Å². The van der Waals surface area contributed by atoms with Gasteiger partial charge in [-0.15, -0.1) is 0 Å². The van der Waals surface area contributed by atoms with Crippen LogP contribution in [-0.4, -0.2) is 42.6 Å². The number of ether oxygens (including phenoxy) is 1. The van der Waals surface area contributed by atoms with Crippen molar-refractivity contribution in [2.45, 2.75) is 25.3 Å². The lowest BCUT2D eigenvalue weighted by molar-refractivity contribution is 0.0525. The van der Waals surface area contributed by atoms with Gasteiger partial charge in [0.2, 0.25) is 0 Å². The number of piperidine rings is 1. The molecule has 0 aliphatic carbocycles. The number of para-hydroxylation sites is 1. The van der Waals surface area contributed by atoms with Crippen LogP contribution >= 0.6 is 0 Å². The predicted octanol–water partition coefficient (Wildman–Crippen LogP) is 3.39. The van der Waals surface area contributed by atoms with Gasteiger partial charge in [-0.2, -0.15) is 0 Å². The van der Waals surface area contributed by atoms with Crippen molar-refractivity contribution in [2.75, 3.05) is 13.2 Å². The van der Waals surface area contributed by atoms with E-state index >= 15 is 0 Å². The van der Waals surface area contributed by atoms with Crippen molar-refractivity contribution in [3.63, 3.8) is 0 Å². The number of nitrogens with zero attached hydrogens (tertiary/aromatic N) is 1. The van der Waals surface area contributed by atoms with Crippen LogP contribution in [0.1, 0.15) is 50.3 Å². The van der Waals surface area contributed by atoms with Crippen LogP contribution in [0.3, 0.4) is 0 Å². The Bertz CT molecular complexity index is 802. The molecule has 3 rings (SSSR count). The fraction of sp³-hybridized carbons (Fsp3) is 0.286. The van der Waals surface area contributed by atoms with Crippen LogP contribution in [0.25, 0.3) is 0 Å². The SMILES string of the molecule is O=Cc1ccccc1OC[C@@H]1CCCCN1C(=O)c1ccccc1C=O. The van der Waals surface area contributed by atoms with E-state index in [4.69, 9.17) is 4.74 Å². The molecule has 2 aromatic carbocycles. The molecule has 1 saturated heterocycles. The molecule has 0 N–H and O–H groups in total. The first-order valence-electron chi connectivity index (χ1n) is 8.76. The van der Waals surface area contributed by atoms with E-state index in [1.54, 1.807) is 47.4 Å². The van der Waals surface area contributed by atoms with E-state index in [1.165, 1.54) is 0 Å². The van der Waals surface area contributed by atoms with E-state index in [0.717, 1.165) is 25.5 Å². The lowest BCUT2D eigenvalue weighted by Gasteiger charge is -2.36. The molecule has 0 radical (unpaired) electrons. The van der Waals surface area contributed by atoms with E-state index in [0.29, 0.717) is 41.9 Å². The van der Waals surface area contributed by atoms with Crippen LogP contribution in [0.2, 0.25) is 0 Å². The Morgan fingerprint density at radius 1 is 1.00 bits per heavy atom. The summed E-state index contributed by atoms with van der Waals surface area (Å²) in [6.07, 6.45) is 4.25. The molecule has 0 bridgehead atoms. The normalized spacial score (nSPS) is 16.8. The number of carbonyl (C=O) groups excluding carboxylic acids is 3. The maximum atomic E-state index is 13.0. The molecule has 26 heavy (non-hydrogen) atoms. The molecule has 5 nitrogen and oxygen atoms in total. The van der Waals surface area contributed by atoms with Crippen molar-refractivity contribution < 1.29 is 19.1 Å². The summed E-state index contributed by atoms with van der Waals surface area (Å²) in [4.78, 5) is 37.1. The Morgan fingerprint density at radius 3 is 2.46 bits per heavy atom. The standard InChI is InChI=1S/C21H21NO4/c23-13-16-7-1-3-10-19(16)21(25)22-12-6-5-9-18(22)15-26-20-11-4-2-8-17(20)14-24/h1-4,7-8,10-11,13-14,18H,5-6,9,12,15H2/t18-/m0/s1. The van der Waals surface area contributed by atoms with Crippen molar-refractivity contribution in [3.8, 4) is 5.75 Å². The van der Waals surface area contributed by atoms with E-state index < -0.39 is 0 Å². The molecule has 0 spiro atoms. The van der Waals surface area contributed by atoms with Crippen LogP contribution in [0.4, 0.5) is 0 Å². The number of hydrogen-bond donors (Lipinski definition) is 0. The first-order chi connectivity index (χ1) is 12.7. The summed E-state index contributed by atoms with van der Waals surface area (Å²) in [6, 6.07) is 13.8. The molecule has 1 fully saturated rings. The highest BCUT2D eigenvalue weighted by atomic mass is 16.5. The van der Waals surface area contributed by atoms with Gasteiger partial charge in [0.25, 0.3) is 5.91 Å². The summed E-state index contributed by atoms with van der Waals surface area (Å²) >= 11 is 0. The Labute approximate surface area is 152 Å². The van der Waals surface area contributed by atoms with Crippen LogP contribution in [-0.2, 0) is 0 Å². The number of amides is 1. The zero-order valence-corrected chi connectivity index (χ0v) is 14.5. The summed E-state index contributed by atoms with van der Waals surface area (Å²) in [7, 11) is 0. The van der Waals surface area contributed by atoms with Crippen LogP contribution in [0.15, 0.2) is 48.5 Å². The average molecular weight is 351 g/mol. The van der Waals surface area contributed by atoms with Crippen LogP contribution < -0.4 is 4.74 Å². The zero-order chi connectivity index (χ0) is 18.4. The average Bonchev–Trinajstić information content (AvgIpc) is 2.72. The molecule has 5 heteroatoms. The summed E-state index contributed by atoms with van der Waals surface area (Å²) in [5, 5.41) is 0. The van der Waals surface area contributed by atoms with E-state index in [1.807, 2.05) is 6.07 Å². The molecule has 1 heterocycles. The van der Waals surface area contributed by atoms with Gasteiger partial charge in [-0.3, -0.25) is 14.4 Å². The first kappa shape index (κ1) is 17.9. The van der Waals surface area contributed by atoms with E-state index in [2.05, 4.69) is 0 Å². The van der Waals surface area contributed by atoms with Gasteiger partial charge >= 0.3 is 0 Å². The predicted molar refractivity (Wildman–Crippen MR) is 97.8 cm³/mol. The number of hydrogen-bond acceptors (Lipinski definition) is 4. The van der Waals surface area contributed by atoms with Gasteiger partial charge in [0.15, 0.2) is 12.6 Å².